The van der Waals surface area contributed by atoms with E-state index in [-0.39, 0.29) is 13.1 Å². The number of rotatable bonds is 8. The Morgan fingerprint density at radius 3 is 2.19 bits per heavy atom. The summed E-state index contributed by atoms with van der Waals surface area (Å²) in [5, 5.41) is 4.46. The Balaban J connectivity index is 2.85. The van der Waals surface area contributed by atoms with Gasteiger partial charge in [-0.3, -0.25) is 19.2 Å². The van der Waals surface area contributed by atoms with Gasteiger partial charge in [-0.2, -0.15) is 5.10 Å². The molecule has 118 valence electrons. The summed E-state index contributed by atoms with van der Waals surface area (Å²) in [4.78, 5) is 24.6. The predicted molar refractivity (Wildman–Crippen MR) is 76.6 cm³/mol. The van der Waals surface area contributed by atoms with Crippen LogP contribution in [0.15, 0.2) is 6.07 Å². The molecule has 0 amide bonds. The van der Waals surface area contributed by atoms with Gasteiger partial charge in [0.2, 0.25) is 0 Å². The van der Waals surface area contributed by atoms with Crippen LogP contribution in [0.3, 0.4) is 0 Å². The lowest BCUT2D eigenvalue weighted by atomic mass is 10.3. The molecule has 1 heterocycles. The fourth-order valence-corrected chi connectivity index (χ4v) is 1.98. The lowest BCUT2D eigenvalue weighted by Gasteiger charge is -2.19. The molecule has 0 saturated carbocycles. The maximum atomic E-state index is 11.5. The predicted octanol–water partition coefficient (Wildman–Crippen LogP) is 0.613. The van der Waals surface area contributed by atoms with E-state index in [1.165, 1.54) is 14.2 Å². The second-order valence-corrected chi connectivity index (χ2v) is 4.59. The summed E-state index contributed by atoms with van der Waals surface area (Å²) in [5.74, 6) is -0.783. The summed E-state index contributed by atoms with van der Waals surface area (Å²) >= 11 is 0. The zero-order chi connectivity index (χ0) is 15.8. The van der Waals surface area contributed by atoms with E-state index in [1.54, 1.807) is 4.90 Å². The van der Waals surface area contributed by atoms with Crippen molar-refractivity contribution < 1.29 is 19.1 Å². The van der Waals surface area contributed by atoms with E-state index in [4.69, 9.17) is 0 Å². The van der Waals surface area contributed by atoms with Crippen molar-refractivity contribution in [3.63, 3.8) is 0 Å². The van der Waals surface area contributed by atoms with Crippen molar-refractivity contribution in [3.8, 4) is 0 Å². The average Bonchev–Trinajstić information content (AvgIpc) is 2.88. The Kier molecular flexibility index (Phi) is 6.87. The molecule has 21 heavy (non-hydrogen) atoms. The standard InChI is InChI=1S/C14H23N3O4/c1-5-11-7-12(17(6-2)15-11)8-16(9-13(18)20-3)10-14(19)21-4/h7H,5-6,8-10H2,1-4H3. The SMILES string of the molecule is CCc1cc(CN(CC(=O)OC)CC(=O)OC)n(CC)n1. The van der Waals surface area contributed by atoms with Crippen molar-refractivity contribution in [3.05, 3.63) is 17.5 Å². The van der Waals surface area contributed by atoms with Gasteiger partial charge in [0.05, 0.1) is 38.7 Å². The van der Waals surface area contributed by atoms with Crippen LogP contribution in [0.4, 0.5) is 0 Å². The van der Waals surface area contributed by atoms with Gasteiger partial charge in [-0.1, -0.05) is 6.92 Å². The Morgan fingerprint density at radius 1 is 1.19 bits per heavy atom. The number of carbonyl (C=O) groups is 2. The number of esters is 2. The quantitative estimate of drug-likeness (QED) is 0.655. The topological polar surface area (TPSA) is 73.7 Å². The number of hydrogen-bond donors (Lipinski definition) is 0. The third kappa shape index (κ3) is 5.18. The molecule has 0 fully saturated rings. The van der Waals surface area contributed by atoms with Crippen molar-refractivity contribution in [2.45, 2.75) is 33.4 Å². The van der Waals surface area contributed by atoms with Crippen LogP contribution < -0.4 is 0 Å². The summed E-state index contributed by atoms with van der Waals surface area (Å²) in [6.07, 6.45) is 0.841. The van der Waals surface area contributed by atoms with E-state index in [0.29, 0.717) is 6.54 Å². The minimum Gasteiger partial charge on any atom is -0.468 e. The second kappa shape index (κ2) is 8.41. The summed E-state index contributed by atoms with van der Waals surface area (Å²) in [7, 11) is 2.65. The Hall–Kier alpha value is -1.89. The molecule has 1 rings (SSSR count). The maximum absolute atomic E-state index is 11.5. The van der Waals surface area contributed by atoms with Crippen LogP contribution in [0, 0.1) is 0 Å². The first-order chi connectivity index (χ1) is 10.0. The molecule has 0 radical (unpaired) electrons. The summed E-state index contributed by atoms with van der Waals surface area (Å²) in [6, 6.07) is 1.99. The molecule has 0 spiro atoms. The maximum Gasteiger partial charge on any atom is 0.319 e. The molecule has 1 aromatic rings. The number of methoxy groups -OCH3 is 2. The zero-order valence-corrected chi connectivity index (χ0v) is 13.1. The molecule has 0 bridgehead atoms. The van der Waals surface area contributed by atoms with Crippen molar-refractivity contribution in [1.29, 1.82) is 0 Å². The fraction of sp³-hybridized carbons (Fsp3) is 0.643. The highest BCUT2D eigenvalue weighted by Crippen LogP contribution is 2.09. The molecular weight excluding hydrogens is 274 g/mol. The van der Waals surface area contributed by atoms with Crippen molar-refractivity contribution in [1.82, 2.24) is 14.7 Å². The van der Waals surface area contributed by atoms with E-state index >= 15 is 0 Å². The van der Waals surface area contributed by atoms with Gasteiger partial charge >= 0.3 is 11.9 Å². The van der Waals surface area contributed by atoms with Gasteiger partial charge in [-0.15, -0.1) is 0 Å². The molecular formula is C14H23N3O4. The summed E-state index contributed by atoms with van der Waals surface area (Å²) < 4.78 is 11.2. The number of aryl methyl sites for hydroxylation is 2. The molecule has 0 aliphatic rings. The van der Waals surface area contributed by atoms with Gasteiger partial charge in [-0.05, 0) is 19.4 Å². The largest absolute Gasteiger partial charge is 0.468 e. The molecule has 0 atom stereocenters. The molecule has 7 heteroatoms. The molecule has 0 aromatic carbocycles. The van der Waals surface area contributed by atoms with Crippen LogP contribution in [0.1, 0.15) is 25.2 Å². The van der Waals surface area contributed by atoms with Gasteiger partial charge in [0.15, 0.2) is 0 Å². The van der Waals surface area contributed by atoms with Gasteiger partial charge < -0.3 is 9.47 Å². The minimum absolute atomic E-state index is 0.0297. The summed E-state index contributed by atoms with van der Waals surface area (Å²) in [6.45, 7) is 5.27. The minimum atomic E-state index is -0.391. The highest BCUT2D eigenvalue weighted by molar-refractivity contribution is 5.74. The van der Waals surface area contributed by atoms with Gasteiger partial charge in [-0.25, -0.2) is 0 Å². The molecule has 0 saturated heterocycles. The van der Waals surface area contributed by atoms with Crippen molar-refractivity contribution >= 4 is 11.9 Å². The van der Waals surface area contributed by atoms with Crippen LogP contribution in [0.25, 0.3) is 0 Å². The highest BCUT2D eigenvalue weighted by atomic mass is 16.5. The van der Waals surface area contributed by atoms with Gasteiger partial charge in [0, 0.05) is 13.1 Å². The van der Waals surface area contributed by atoms with Gasteiger partial charge in [0.1, 0.15) is 0 Å². The first kappa shape index (κ1) is 17.2. The van der Waals surface area contributed by atoms with E-state index in [0.717, 1.165) is 24.4 Å². The molecule has 0 N–H and O–H groups in total. The van der Waals surface area contributed by atoms with Crippen LogP contribution in [0.2, 0.25) is 0 Å². The van der Waals surface area contributed by atoms with Crippen LogP contribution in [-0.4, -0.2) is 53.9 Å². The van der Waals surface area contributed by atoms with Crippen molar-refractivity contribution in [2.24, 2.45) is 0 Å². The fourth-order valence-electron chi connectivity index (χ4n) is 1.98. The Morgan fingerprint density at radius 2 is 1.76 bits per heavy atom. The van der Waals surface area contributed by atoms with E-state index in [1.807, 2.05) is 24.6 Å². The molecule has 0 aliphatic carbocycles. The highest BCUT2D eigenvalue weighted by Gasteiger charge is 2.18. The molecule has 1 aromatic heterocycles. The number of ether oxygens (including phenoxy) is 2. The molecule has 0 unspecified atom stereocenters. The number of aromatic nitrogens is 2. The first-order valence-electron chi connectivity index (χ1n) is 6.95. The third-order valence-electron chi connectivity index (χ3n) is 3.12. The Labute approximate surface area is 124 Å². The first-order valence-corrected chi connectivity index (χ1v) is 6.95. The smallest absolute Gasteiger partial charge is 0.319 e. The number of hydrogen-bond acceptors (Lipinski definition) is 6. The Bertz CT molecular complexity index is 467. The van der Waals surface area contributed by atoms with Crippen LogP contribution in [-0.2, 0) is 38.6 Å². The van der Waals surface area contributed by atoms with Crippen LogP contribution >= 0.6 is 0 Å². The van der Waals surface area contributed by atoms with E-state index in [9.17, 15) is 9.59 Å². The average molecular weight is 297 g/mol. The molecule has 0 aliphatic heterocycles. The second-order valence-electron chi connectivity index (χ2n) is 4.59. The number of carbonyl (C=O) groups excluding carboxylic acids is 2. The van der Waals surface area contributed by atoms with E-state index in [2.05, 4.69) is 14.6 Å². The van der Waals surface area contributed by atoms with E-state index < -0.39 is 11.9 Å². The third-order valence-corrected chi connectivity index (χ3v) is 3.12. The zero-order valence-electron chi connectivity index (χ0n) is 13.1. The van der Waals surface area contributed by atoms with Crippen molar-refractivity contribution in [2.75, 3.05) is 27.3 Å². The normalized spacial score (nSPS) is 10.7. The van der Waals surface area contributed by atoms with Gasteiger partial charge in [0.25, 0.3) is 0 Å². The summed E-state index contributed by atoms with van der Waals surface area (Å²) in [5.41, 5.74) is 1.95. The monoisotopic (exact) mass is 297 g/mol. The van der Waals surface area contributed by atoms with Crippen LogP contribution in [0.5, 0.6) is 0 Å². The lowest BCUT2D eigenvalue weighted by molar-refractivity contribution is -0.145. The lowest BCUT2D eigenvalue weighted by Crippen LogP contribution is -2.35. The molecule has 7 nitrogen and oxygen atoms in total. The number of nitrogens with zero attached hydrogens (tertiary/aromatic N) is 3.